The van der Waals surface area contributed by atoms with Gasteiger partial charge >= 0.3 is 0 Å². The van der Waals surface area contributed by atoms with E-state index in [-0.39, 0.29) is 25.0 Å². The minimum absolute atomic E-state index is 0.132. The van der Waals surface area contributed by atoms with Gasteiger partial charge in [-0.2, -0.15) is 0 Å². The van der Waals surface area contributed by atoms with Gasteiger partial charge in [-0.15, -0.1) is 0 Å². The molecule has 0 saturated carbocycles. The van der Waals surface area contributed by atoms with Crippen LogP contribution in [0.5, 0.6) is 0 Å². The summed E-state index contributed by atoms with van der Waals surface area (Å²) < 4.78 is 5.00. The first-order valence-electron chi connectivity index (χ1n) is 8.64. The SMILES string of the molecule is COCCN1C(=O)[C@@H]2[C@H]([C@@H](C)O)N[C@@]3(C(=O)Nc4ccccc43)[C@@H]2C1=O. The molecular formula is C18H21N3O5. The van der Waals surface area contributed by atoms with E-state index in [1.807, 2.05) is 0 Å². The predicted octanol–water partition coefficient (Wildman–Crippen LogP) is -0.566. The van der Waals surface area contributed by atoms with Gasteiger partial charge < -0.3 is 15.2 Å². The molecule has 3 aliphatic heterocycles. The van der Waals surface area contributed by atoms with E-state index >= 15 is 0 Å². The summed E-state index contributed by atoms with van der Waals surface area (Å²) in [6.07, 6.45) is -0.901. The Morgan fingerprint density at radius 1 is 1.27 bits per heavy atom. The molecule has 4 rings (SSSR count). The van der Waals surface area contributed by atoms with E-state index in [1.165, 1.54) is 7.11 Å². The molecule has 3 amide bonds. The van der Waals surface area contributed by atoms with Crippen LogP contribution in [0.1, 0.15) is 12.5 Å². The Morgan fingerprint density at radius 3 is 2.69 bits per heavy atom. The van der Waals surface area contributed by atoms with Crippen molar-refractivity contribution < 1.29 is 24.2 Å². The molecule has 8 nitrogen and oxygen atoms in total. The summed E-state index contributed by atoms with van der Waals surface area (Å²) in [4.78, 5) is 40.2. The third-order valence-corrected chi connectivity index (χ3v) is 5.69. The Kier molecular flexibility index (Phi) is 3.87. The number of likely N-dealkylation sites (tertiary alicyclic amines) is 1. The molecule has 1 spiro atoms. The van der Waals surface area contributed by atoms with E-state index in [0.29, 0.717) is 11.3 Å². The molecule has 1 aromatic carbocycles. The van der Waals surface area contributed by atoms with Crippen molar-refractivity contribution in [3.63, 3.8) is 0 Å². The fourth-order valence-electron chi connectivity index (χ4n) is 4.57. The number of aliphatic hydroxyl groups is 1. The molecule has 138 valence electrons. The fraction of sp³-hybridized carbons (Fsp3) is 0.500. The topological polar surface area (TPSA) is 108 Å². The van der Waals surface area contributed by atoms with Crippen molar-refractivity contribution in [1.82, 2.24) is 10.2 Å². The number of fused-ring (bicyclic) bond motifs is 4. The van der Waals surface area contributed by atoms with Crippen LogP contribution in [0, 0.1) is 11.8 Å². The summed E-state index contributed by atoms with van der Waals surface area (Å²) in [6, 6.07) is 6.43. The van der Waals surface area contributed by atoms with Crippen LogP contribution in [0.25, 0.3) is 0 Å². The number of ether oxygens (including phenoxy) is 1. The number of hydrogen-bond acceptors (Lipinski definition) is 6. The number of aliphatic hydroxyl groups excluding tert-OH is 1. The highest BCUT2D eigenvalue weighted by molar-refractivity contribution is 6.15. The van der Waals surface area contributed by atoms with Gasteiger partial charge in [-0.1, -0.05) is 18.2 Å². The number of para-hydroxylation sites is 1. The quantitative estimate of drug-likeness (QED) is 0.622. The summed E-state index contributed by atoms with van der Waals surface area (Å²) in [5.41, 5.74) is -0.0965. The zero-order chi connectivity index (χ0) is 18.6. The van der Waals surface area contributed by atoms with E-state index in [2.05, 4.69) is 10.6 Å². The molecule has 8 heteroatoms. The van der Waals surface area contributed by atoms with Crippen LogP contribution in [0.3, 0.4) is 0 Å². The van der Waals surface area contributed by atoms with Crippen LogP contribution in [0.2, 0.25) is 0 Å². The summed E-state index contributed by atoms with van der Waals surface area (Å²) in [5.74, 6) is -2.83. The van der Waals surface area contributed by atoms with Crippen molar-refractivity contribution in [3.8, 4) is 0 Å². The molecule has 0 radical (unpaired) electrons. The van der Waals surface area contributed by atoms with Crippen LogP contribution in [0.15, 0.2) is 24.3 Å². The van der Waals surface area contributed by atoms with Crippen LogP contribution >= 0.6 is 0 Å². The Morgan fingerprint density at radius 2 is 2.00 bits per heavy atom. The van der Waals surface area contributed by atoms with Crippen molar-refractivity contribution in [2.45, 2.75) is 24.6 Å². The maximum Gasteiger partial charge on any atom is 0.250 e. The lowest BCUT2D eigenvalue weighted by Crippen LogP contribution is -2.55. The lowest BCUT2D eigenvalue weighted by molar-refractivity contribution is -0.143. The highest BCUT2D eigenvalue weighted by atomic mass is 16.5. The first-order valence-corrected chi connectivity index (χ1v) is 8.64. The lowest BCUT2D eigenvalue weighted by atomic mass is 9.76. The monoisotopic (exact) mass is 359 g/mol. The third kappa shape index (κ3) is 2.03. The van der Waals surface area contributed by atoms with Gasteiger partial charge in [-0.25, -0.2) is 0 Å². The Labute approximate surface area is 150 Å². The largest absolute Gasteiger partial charge is 0.392 e. The number of benzene rings is 1. The molecule has 0 unspecified atom stereocenters. The van der Waals surface area contributed by atoms with Crippen LogP contribution in [-0.4, -0.2) is 60.1 Å². The van der Waals surface area contributed by atoms with Crippen molar-refractivity contribution in [2.24, 2.45) is 11.8 Å². The van der Waals surface area contributed by atoms with E-state index in [0.717, 1.165) is 4.90 Å². The van der Waals surface area contributed by atoms with Gasteiger partial charge in [0.05, 0.1) is 31.1 Å². The number of methoxy groups -OCH3 is 1. The normalized spacial score (nSPS) is 33.6. The van der Waals surface area contributed by atoms with E-state index in [4.69, 9.17) is 4.74 Å². The number of rotatable bonds is 4. The number of carbonyl (C=O) groups is 3. The zero-order valence-corrected chi connectivity index (χ0v) is 14.6. The Hall–Kier alpha value is -2.29. The Bertz CT molecular complexity index is 795. The van der Waals surface area contributed by atoms with Crippen molar-refractivity contribution in [3.05, 3.63) is 29.8 Å². The van der Waals surface area contributed by atoms with Gasteiger partial charge in [0.1, 0.15) is 5.54 Å². The van der Waals surface area contributed by atoms with Gasteiger partial charge in [-0.05, 0) is 13.0 Å². The van der Waals surface area contributed by atoms with Crippen LogP contribution in [-0.2, 0) is 24.7 Å². The highest BCUT2D eigenvalue weighted by Crippen LogP contribution is 2.53. The molecule has 3 N–H and O–H groups in total. The molecule has 0 aliphatic carbocycles. The number of carbonyl (C=O) groups excluding carboxylic acids is 3. The van der Waals surface area contributed by atoms with Crippen molar-refractivity contribution >= 4 is 23.4 Å². The smallest absolute Gasteiger partial charge is 0.250 e. The van der Waals surface area contributed by atoms with E-state index in [1.54, 1.807) is 31.2 Å². The number of nitrogens with one attached hydrogen (secondary N) is 2. The van der Waals surface area contributed by atoms with Gasteiger partial charge in [0, 0.05) is 24.4 Å². The third-order valence-electron chi connectivity index (χ3n) is 5.69. The average Bonchev–Trinajstić information content (AvgIpc) is 3.20. The molecule has 3 aliphatic rings. The first kappa shape index (κ1) is 17.1. The number of amides is 3. The predicted molar refractivity (Wildman–Crippen MR) is 90.9 cm³/mol. The second-order valence-corrected chi connectivity index (χ2v) is 7.04. The highest BCUT2D eigenvalue weighted by Gasteiger charge is 2.70. The minimum Gasteiger partial charge on any atom is -0.392 e. The van der Waals surface area contributed by atoms with Gasteiger partial charge in [-0.3, -0.25) is 24.6 Å². The van der Waals surface area contributed by atoms with E-state index in [9.17, 15) is 19.5 Å². The molecule has 0 bridgehead atoms. The molecule has 3 heterocycles. The van der Waals surface area contributed by atoms with Crippen molar-refractivity contribution in [2.75, 3.05) is 25.6 Å². The molecular weight excluding hydrogens is 338 g/mol. The maximum absolute atomic E-state index is 13.1. The molecule has 2 saturated heterocycles. The van der Waals surface area contributed by atoms with Gasteiger partial charge in [0.2, 0.25) is 17.7 Å². The summed E-state index contributed by atoms with van der Waals surface area (Å²) in [5, 5.41) is 16.2. The standard InChI is InChI=1S/C18H21N3O5/c1-9(22)14-12-13(16(24)21(15(12)23)7-8-26-2)18(20-14)10-5-3-4-6-11(10)19-17(18)25/h3-6,9,12-14,20,22H,7-8H2,1-2H3,(H,19,25)/t9-,12+,13+,14+,18-/m1/s1. The second kappa shape index (κ2) is 5.87. The summed E-state index contributed by atoms with van der Waals surface area (Å²) in [7, 11) is 1.49. The summed E-state index contributed by atoms with van der Waals surface area (Å²) in [6.45, 7) is 1.91. The number of imide groups is 1. The number of hydrogen-bond donors (Lipinski definition) is 3. The number of anilines is 1. The number of nitrogens with zero attached hydrogens (tertiary/aromatic N) is 1. The molecule has 1 aromatic rings. The lowest BCUT2D eigenvalue weighted by Gasteiger charge is -2.30. The van der Waals surface area contributed by atoms with Crippen LogP contribution < -0.4 is 10.6 Å². The first-order chi connectivity index (χ1) is 12.4. The van der Waals surface area contributed by atoms with E-state index < -0.39 is 35.4 Å². The van der Waals surface area contributed by atoms with Crippen molar-refractivity contribution in [1.29, 1.82) is 0 Å². The molecule has 26 heavy (non-hydrogen) atoms. The molecule has 2 fully saturated rings. The molecule has 5 atom stereocenters. The fourth-order valence-corrected chi connectivity index (χ4v) is 4.57. The summed E-state index contributed by atoms with van der Waals surface area (Å²) >= 11 is 0. The average molecular weight is 359 g/mol. The Balaban J connectivity index is 1.85. The minimum atomic E-state index is -1.35. The van der Waals surface area contributed by atoms with Gasteiger partial charge in [0.15, 0.2) is 0 Å². The second-order valence-electron chi connectivity index (χ2n) is 7.04. The van der Waals surface area contributed by atoms with Crippen LogP contribution in [0.4, 0.5) is 5.69 Å². The zero-order valence-electron chi connectivity index (χ0n) is 14.6. The molecule has 0 aromatic heterocycles. The van der Waals surface area contributed by atoms with Gasteiger partial charge in [0.25, 0.3) is 0 Å². The maximum atomic E-state index is 13.1.